The van der Waals surface area contributed by atoms with Crippen molar-refractivity contribution in [3.63, 3.8) is 0 Å². The first-order chi connectivity index (χ1) is 19.3. The standard InChI is InChI=1S/C35H50I3NO2/c1-20(2)7-6-8-21(3)26-11-12-27-24-10-9-22-17-23(13-15-34(22,4)28(24)14-16-35(26,27)5)41-31(40)18-25-29(36)19-30(37)33(39)32(25)38/h9,19-21,23-24,26-28H,6-8,10-18,39H2,1-5H3/t21-,23+,24+,26-,27+,28+,34+,35-/m1/s1. The number of rotatable bonds is 8. The summed E-state index contributed by atoms with van der Waals surface area (Å²) in [5, 5.41) is 0. The Labute approximate surface area is 290 Å². The van der Waals surface area contributed by atoms with Gasteiger partial charge in [-0.15, -0.1) is 0 Å². The van der Waals surface area contributed by atoms with Crippen molar-refractivity contribution in [2.45, 2.75) is 118 Å². The third-order valence-corrected chi connectivity index (χ3v) is 15.3. The van der Waals surface area contributed by atoms with Gasteiger partial charge in [-0.25, -0.2) is 0 Å². The summed E-state index contributed by atoms with van der Waals surface area (Å²) < 4.78 is 9.26. The minimum absolute atomic E-state index is 0.00583. The Morgan fingerprint density at radius 3 is 2.51 bits per heavy atom. The summed E-state index contributed by atoms with van der Waals surface area (Å²) in [6.07, 6.45) is 17.1. The largest absolute Gasteiger partial charge is 0.462 e. The second kappa shape index (κ2) is 13.0. The second-order valence-electron chi connectivity index (χ2n) is 14.9. The molecule has 4 aliphatic rings. The number of halogens is 3. The zero-order valence-electron chi connectivity index (χ0n) is 25.7. The normalized spacial score (nSPS) is 35.3. The summed E-state index contributed by atoms with van der Waals surface area (Å²) in [6, 6.07) is 2.06. The Hall–Kier alpha value is 0.420. The number of allylic oxidation sites excluding steroid dienone is 1. The van der Waals surface area contributed by atoms with E-state index in [9.17, 15) is 4.79 Å². The molecule has 0 spiro atoms. The molecular weight excluding hydrogens is 847 g/mol. The highest BCUT2D eigenvalue weighted by atomic mass is 127. The molecule has 228 valence electrons. The van der Waals surface area contributed by atoms with E-state index in [-0.39, 0.29) is 17.5 Å². The molecule has 1 aromatic rings. The van der Waals surface area contributed by atoms with Crippen molar-refractivity contribution in [3.8, 4) is 0 Å². The fourth-order valence-corrected chi connectivity index (χ4v) is 13.7. The maximum Gasteiger partial charge on any atom is 0.310 e. The smallest absolute Gasteiger partial charge is 0.310 e. The molecule has 0 heterocycles. The molecule has 0 unspecified atom stereocenters. The topological polar surface area (TPSA) is 52.3 Å². The quantitative estimate of drug-likeness (QED) is 0.122. The summed E-state index contributed by atoms with van der Waals surface area (Å²) in [6.45, 7) is 12.6. The SMILES string of the molecule is CC(C)CCC[C@@H](C)[C@H]1CC[C@H]2[C@@H]3CC=C4C[C@@H](OC(=O)Cc5c(I)cc(I)c(N)c5I)CC[C@]4(C)[C@H]3CC[C@]12C. The van der Waals surface area contributed by atoms with Crippen LogP contribution in [-0.2, 0) is 16.0 Å². The summed E-state index contributed by atoms with van der Waals surface area (Å²) >= 11 is 6.86. The summed E-state index contributed by atoms with van der Waals surface area (Å²) in [4.78, 5) is 13.1. The van der Waals surface area contributed by atoms with Gasteiger partial charge in [0.15, 0.2) is 0 Å². The lowest BCUT2D eigenvalue weighted by Gasteiger charge is -2.58. The molecule has 0 bridgehead atoms. The van der Waals surface area contributed by atoms with E-state index in [0.717, 1.165) is 76.7 Å². The van der Waals surface area contributed by atoms with Gasteiger partial charge in [-0.2, -0.15) is 0 Å². The average molecular weight is 898 g/mol. The second-order valence-corrected chi connectivity index (χ2v) is 18.3. The number of anilines is 1. The molecule has 6 heteroatoms. The van der Waals surface area contributed by atoms with Gasteiger partial charge in [-0.1, -0.05) is 65.5 Å². The molecule has 3 nitrogen and oxygen atoms in total. The van der Waals surface area contributed by atoms with Crippen LogP contribution >= 0.6 is 67.8 Å². The summed E-state index contributed by atoms with van der Waals surface area (Å²) in [5.74, 6) is 5.00. The Kier molecular flexibility index (Phi) is 10.4. The van der Waals surface area contributed by atoms with E-state index in [4.69, 9.17) is 10.5 Å². The number of nitrogens with two attached hydrogens (primary N) is 1. The number of esters is 1. The lowest BCUT2D eigenvalue weighted by atomic mass is 9.47. The Balaban J connectivity index is 1.23. The van der Waals surface area contributed by atoms with E-state index < -0.39 is 0 Å². The van der Waals surface area contributed by atoms with Gasteiger partial charge in [0.05, 0.1) is 12.1 Å². The molecule has 0 radical (unpaired) electrons. The molecule has 41 heavy (non-hydrogen) atoms. The Morgan fingerprint density at radius 1 is 1.02 bits per heavy atom. The van der Waals surface area contributed by atoms with Crippen LogP contribution in [0.25, 0.3) is 0 Å². The third-order valence-electron chi connectivity index (χ3n) is 12.2. The van der Waals surface area contributed by atoms with Gasteiger partial charge in [-0.05, 0) is 171 Å². The molecule has 8 atom stereocenters. The molecular formula is C35H50I3NO2. The van der Waals surface area contributed by atoms with E-state index in [0.29, 0.717) is 11.8 Å². The third kappa shape index (κ3) is 6.42. The number of benzene rings is 1. The van der Waals surface area contributed by atoms with Gasteiger partial charge >= 0.3 is 5.97 Å². The van der Waals surface area contributed by atoms with Crippen LogP contribution in [0, 0.1) is 57.0 Å². The fraction of sp³-hybridized carbons (Fsp3) is 0.743. The van der Waals surface area contributed by atoms with Crippen molar-refractivity contribution < 1.29 is 9.53 Å². The molecule has 0 aliphatic heterocycles. The van der Waals surface area contributed by atoms with Crippen LogP contribution in [0.5, 0.6) is 0 Å². The molecule has 5 rings (SSSR count). The van der Waals surface area contributed by atoms with Crippen molar-refractivity contribution in [2.24, 2.45) is 46.3 Å². The van der Waals surface area contributed by atoms with Gasteiger partial charge < -0.3 is 10.5 Å². The van der Waals surface area contributed by atoms with Crippen LogP contribution in [0.1, 0.15) is 111 Å². The molecule has 0 aromatic heterocycles. The summed E-state index contributed by atoms with van der Waals surface area (Å²) in [7, 11) is 0. The number of carbonyl (C=O) groups excluding carboxylic acids is 1. The van der Waals surface area contributed by atoms with Gasteiger partial charge in [0, 0.05) is 17.1 Å². The lowest BCUT2D eigenvalue weighted by Crippen LogP contribution is -2.51. The number of nitrogen functional groups attached to an aromatic ring is 1. The van der Waals surface area contributed by atoms with Gasteiger partial charge in [-0.3, -0.25) is 4.79 Å². The van der Waals surface area contributed by atoms with Gasteiger partial charge in [0.1, 0.15) is 6.10 Å². The number of hydrogen-bond donors (Lipinski definition) is 1. The van der Waals surface area contributed by atoms with E-state index in [1.54, 1.807) is 5.57 Å². The van der Waals surface area contributed by atoms with E-state index >= 15 is 0 Å². The van der Waals surface area contributed by atoms with Crippen molar-refractivity contribution in [1.29, 1.82) is 0 Å². The molecule has 1 aromatic carbocycles. The minimum atomic E-state index is -0.114. The van der Waals surface area contributed by atoms with Crippen molar-refractivity contribution >= 4 is 79.4 Å². The maximum atomic E-state index is 13.1. The van der Waals surface area contributed by atoms with E-state index in [2.05, 4.69) is 115 Å². The highest BCUT2D eigenvalue weighted by Crippen LogP contribution is 2.67. The first-order valence-corrected chi connectivity index (χ1v) is 19.4. The van der Waals surface area contributed by atoms with Crippen LogP contribution in [0.2, 0.25) is 0 Å². The van der Waals surface area contributed by atoms with Crippen molar-refractivity contribution in [1.82, 2.24) is 0 Å². The predicted molar refractivity (Wildman–Crippen MR) is 196 cm³/mol. The lowest BCUT2D eigenvalue weighted by molar-refractivity contribution is -0.150. The molecule has 0 amide bonds. The number of ether oxygens (including phenoxy) is 1. The highest BCUT2D eigenvalue weighted by molar-refractivity contribution is 14.1. The van der Waals surface area contributed by atoms with Crippen LogP contribution in [-0.4, -0.2) is 12.1 Å². The molecule has 3 fully saturated rings. The molecule has 0 saturated heterocycles. The van der Waals surface area contributed by atoms with E-state index in [1.807, 2.05) is 0 Å². The summed E-state index contributed by atoms with van der Waals surface area (Å²) in [5.41, 5.74) is 10.4. The Morgan fingerprint density at radius 2 is 1.78 bits per heavy atom. The van der Waals surface area contributed by atoms with Crippen molar-refractivity contribution in [2.75, 3.05) is 5.73 Å². The van der Waals surface area contributed by atoms with Gasteiger partial charge in [0.25, 0.3) is 0 Å². The molecule has 4 aliphatic carbocycles. The van der Waals surface area contributed by atoms with Crippen LogP contribution in [0.4, 0.5) is 5.69 Å². The number of fused-ring (bicyclic) bond motifs is 5. The average Bonchev–Trinajstić information content (AvgIpc) is 3.27. The molecule has 3 saturated carbocycles. The van der Waals surface area contributed by atoms with E-state index in [1.165, 1.54) is 51.4 Å². The van der Waals surface area contributed by atoms with Crippen LogP contribution < -0.4 is 5.73 Å². The van der Waals surface area contributed by atoms with Crippen LogP contribution in [0.15, 0.2) is 17.7 Å². The van der Waals surface area contributed by atoms with Crippen LogP contribution in [0.3, 0.4) is 0 Å². The highest BCUT2D eigenvalue weighted by Gasteiger charge is 2.59. The van der Waals surface area contributed by atoms with Crippen molar-refractivity contribution in [3.05, 3.63) is 34.0 Å². The zero-order chi connectivity index (χ0) is 29.7. The molecule has 2 N–H and O–H groups in total. The number of carbonyl (C=O) groups is 1. The fourth-order valence-electron chi connectivity index (χ4n) is 9.93. The monoisotopic (exact) mass is 897 g/mol. The Bertz CT molecular complexity index is 1180. The minimum Gasteiger partial charge on any atom is -0.462 e. The predicted octanol–water partition coefficient (Wildman–Crippen LogP) is 10.6. The zero-order valence-corrected chi connectivity index (χ0v) is 32.2. The first-order valence-electron chi connectivity index (χ1n) is 16.2. The maximum absolute atomic E-state index is 13.1. The van der Waals surface area contributed by atoms with Gasteiger partial charge in [0.2, 0.25) is 0 Å². The first kappa shape index (κ1) is 32.8. The number of hydrogen-bond acceptors (Lipinski definition) is 3.